The van der Waals surface area contributed by atoms with Gasteiger partial charge in [0.05, 0.1) is 11.8 Å². The van der Waals surface area contributed by atoms with Gasteiger partial charge in [0.1, 0.15) is 0 Å². The molecule has 1 amide bonds. The van der Waals surface area contributed by atoms with Crippen LogP contribution in [0.4, 0.5) is 5.69 Å². The van der Waals surface area contributed by atoms with Crippen LogP contribution in [0.5, 0.6) is 0 Å². The summed E-state index contributed by atoms with van der Waals surface area (Å²) in [5, 5.41) is 4.59. The fourth-order valence-electron chi connectivity index (χ4n) is 1.83. The number of nitrogens with two attached hydrogens (primary N) is 1. The van der Waals surface area contributed by atoms with E-state index in [-0.39, 0.29) is 5.91 Å². The second-order valence-corrected chi connectivity index (χ2v) is 4.85. The van der Waals surface area contributed by atoms with Gasteiger partial charge in [0.2, 0.25) is 0 Å². The lowest BCUT2D eigenvalue weighted by Gasteiger charge is -2.17. The third kappa shape index (κ3) is 3.06. The minimum Gasteiger partial charge on any atom is -0.398 e. The number of hydrogen-bond acceptors (Lipinski definition) is 3. The van der Waals surface area contributed by atoms with E-state index in [1.807, 2.05) is 13.2 Å². The molecule has 6 heteroatoms. The number of benzene rings is 1. The van der Waals surface area contributed by atoms with Crippen LogP contribution < -0.4 is 5.73 Å². The molecule has 1 heterocycles. The smallest absolute Gasteiger partial charge is 0.255 e. The molecular formula is C13H15ClN4O. The van der Waals surface area contributed by atoms with Crippen molar-refractivity contribution in [2.45, 2.75) is 6.54 Å². The van der Waals surface area contributed by atoms with Crippen LogP contribution >= 0.6 is 11.6 Å². The maximum Gasteiger partial charge on any atom is 0.255 e. The number of anilines is 1. The van der Waals surface area contributed by atoms with E-state index in [2.05, 4.69) is 5.10 Å². The van der Waals surface area contributed by atoms with Gasteiger partial charge in [0.15, 0.2) is 0 Å². The third-order valence-electron chi connectivity index (χ3n) is 2.77. The van der Waals surface area contributed by atoms with Gasteiger partial charge in [-0.25, -0.2) is 0 Å². The highest BCUT2D eigenvalue weighted by atomic mass is 35.5. The first-order valence-electron chi connectivity index (χ1n) is 5.75. The maximum atomic E-state index is 12.3. The van der Waals surface area contributed by atoms with Gasteiger partial charge in [-0.1, -0.05) is 11.6 Å². The average Bonchev–Trinajstić information content (AvgIpc) is 2.74. The van der Waals surface area contributed by atoms with Crippen LogP contribution in [-0.2, 0) is 13.6 Å². The minimum atomic E-state index is -0.141. The minimum absolute atomic E-state index is 0.141. The van der Waals surface area contributed by atoms with Crippen molar-refractivity contribution in [3.8, 4) is 0 Å². The first-order chi connectivity index (χ1) is 8.97. The molecule has 0 fully saturated rings. The van der Waals surface area contributed by atoms with E-state index in [4.69, 9.17) is 17.3 Å². The third-order valence-corrected chi connectivity index (χ3v) is 3.00. The molecule has 0 bridgehead atoms. The van der Waals surface area contributed by atoms with Gasteiger partial charge in [-0.15, -0.1) is 0 Å². The van der Waals surface area contributed by atoms with E-state index in [9.17, 15) is 4.79 Å². The molecule has 0 unspecified atom stereocenters. The van der Waals surface area contributed by atoms with Gasteiger partial charge in [-0.05, 0) is 18.2 Å². The molecule has 0 saturated heterocycles. The van der Waals surface area contributed by atoms with Gasteiger partial charge in [-0.2, -0.15) is 5.10 Å². The zero-order valence-corrected chi connectivity index (χ0v) is 11.6. The molecule has 2 aromatic rings. The Kier molecular flexibility index (Phi) is 3.76. The summed E-state index contributed by atoms with van der Waals surface area (Å²) in [5.41, 5.74) is 7.61. The lowest BCUT2D eigenvalue weighted by molar-refractivity contribution is 0.0786. The normalized spacial score (nSPS) is 10.5. The standard InChI is InChI=1S/C13H15ClN4O/c1-17(7-9-6-16-18(2)8-9)13(19)11-4-3-10(14)5-12(11)15/h3-6,8H,7,15H2,1-2H3. The number of carbonyl (C=O) groups is 1. The maximum absolute atomic E-state index is 12.3. The number of halogens is 1. The van der Waals surface area contributed by atoms with Crippen LogP contribution in [0.15, 0.2) is 30.6 Å². The Hall–Kier alpha value is -2.01. The summed E-state index contributed by atoms with van der Waals surface area (Å²) in [4.78, 5) is 13.9. The summed E-state index contributed by atoms with van der Waals surface area (Å²) >= 11 is 5.82. The predicted molar refractivity (Wildman–Crippen MR) is 74.9 cm³/mol. The number of nitrogens with zero attached hydrogens (tertiary/aromatic N) is 3. The molecule has 0 aliphatic carbocycles. The van der Waals surface area contributed by atoms with Crippen LogP contribution in [0.1, 0.15) is 15.9 Å². The number of rotatable bonds is 3. The molecule has 5 nitrogen and oxygen atoms in total. The van der Waals surface area contributed by atoms with E-state index >= 15 is 0 Å². The molecule has 0 atom stereocenters. The molecule has 2 N–H and O–H groups in total. The lowest BCUT2D eigenvalue weighted by atomic mass is 10.1. The number of aromatic nitrogens is 2. The van der Waals surface area contributed by atoms with Crippen molar-refractivity contribution in [1.29, 1.82) is 0 Å². The summed E-state index contributed by atoms with van der Waals surface area (Å²) in [5.74, 6) is -0.141. The molecule has 0 radical (unpaired) electrons. The summed E-state index contributed by atoms with van der Waals surface area (Å²) in [7, 11) is 3.56. The Balaban J connectivity index is 2.14. The highest BCUT2D eigenvalue weighted by molar-refractivity contribution is 6.31. The Bertz CT molecular complexity index is 608. The van der Waals surface area contributed by atoms with Crippen LogP contribution in [0.25, 0.3) is 0 Å². The fourth-order valence-corrected chi connectivity index (χ4v) is 2.01. The SMILES string of the molecule is CN(Cc1cnn(C)c1)C(=O)c1ccc(Cl)cc1N. The number of nitrogen functional groups attached to an aromatic ring is 1. The molecule has 1 aromatic heterocycles. The highest BCUT2D eigenvalue weighted by Crippen LogP contribution is 2.19. The van der Waals surface area contributed by atoms with Crippen LogP contribution in [0.2, 0.25) is 5.02 Å². The number of carbonyl (C=O) groups excluding carboxylic acids is 1. The Morgan fingerprint density at radius 2 is 2.26 bits per heavy atom. The second-order valence-electron chi connectivity index (χ2n) is 4.42. The van der Waals surface area contributed by atoms with Crippen LogP contribution in [-0.4, -0.2) is 27.6 Å². The van der Waals surface area contributed by atoms with Crippen LogP contribution in [0, 0.1) is 0 Å². The lowest BCUT2D eigenvalue weighted by Crippen LogP contribution is -2.26. The summed E-state index contributed by atoms with van der Waals surface area (Å²) in [6.07, 6.45) is 3.60. The molecule has 0 saturated carbocycles. The van der Waals surface area contributed by atoms with Crippen molar-refractivity contribution in [2.24, 2.45) is 7.05 Å². The van der Waals surface area contributed by atoms with Crippen LogP contribution in [0.3, 0.4) is 0 Å². The van der Waals surface area contributed by atoms with E-state index in [1.54, 1.807) is 41.0 Å². The molecule has 0 spiro atoms. The molecule has 19 heavy (non-hydrogen) atoms. The zero-order valence-electron chi connectivity index (χ0n) is 10.8. The Morgan fingerprint density at radius 3 is 2.84 bits per heavy atom. The molecule has 0 aliphatic heterocycles. The van der Waals surface area contributed by atoms with Crippen molar-refractivity contribution >= 4 is 23.2 Å². The van der Waals surface area contributed by atoms with E-state index in [0.717, 1.165) is 5.56 Å². The quantitative estimate of drug-likeness (QED) is 0.873. The van der Waals surface area contributed by atoms with Crippen molar-refractivity contribution in [1.82, 2.24) is 14.7 Å². The van der Waals surface area contributed by atoms with Crippen molar-refractivity contribution in [3.63, 3.8) is 0 Å². The fraction of sp³-hybridized carbons (Fsp3) is 0.231. The Labute approximate surface area is 116 Å². The molecule has 1 aromatic carbocycles. The van der Waals surface area contributed by atoms with Gasteiger partial charge in [0.25, 0.3) is 5.91 Å². The molecule has 100 valence electrons. The monoisotopic (exact) mass is 278 g/mol. The Morgan fingerprint density at radius 1 is 1.53 bits per heavy atom. The average molecular weight is 279 g/mol. The number of aryl methyl sites for hydroxylation is 1. The highest BCUT2D eigenvalue weighted by Gasteiger charge is 2.15. The predicted octanol–water partition coefficient (Wildman–Crippen LogP) is 1.93. The largest absolute Gasteiger partial charge is 0.398 e. The number of amides is 1. The van der Waals surface area contributed by atoms with Crippen molar-refractivity contribution in [2.75, 3.05) is 12.8 Å². The zero-order chi connectivity index (χ0) is 14.0. The van der Waals surface area contributed by atoms with Gasteiger partial charge < -0.3 is 10.6 Å². The van der Waals surface area contributed by atoms with Gasteiger partial charge >= 0.3 is 0 Å². The summed E-state index contributed by atoms with van der Waals surface area (Å²) < 4.78 is 1.70. The van der Waals surface area contributed by atoms with E-state index in [0.29, 0.717) is 22.8 Å². The second kappa shape index (κ2) is 5.32. The molecular weight excluding hydrogens is 264 g/mol. The number of hydrogen-bond donors (Lipinski definition) is 1. The summed E-state index contributed by atoms with van der Waals surface area (Å²) in [6, 6.07) is 4.87. The molecule has 2 rings (SSSR count). The van der Waals surface area contributed by atoms with E-state index < -0.39 is 0 Å². The summed E-state index contributed by atoms with van der Waals surface area (Å²) in [6.45, 7) is 0.481. The van der Waals surface area contributed by atoms with E-state index in [1.165, 1.54) is 0 Å². The van der Waals surface area contributed by atoms with Crippen molar-refractivity contribution < 1.29 is 4.79 Å². The van der Waals surface area contributed by atoms with Gasteiger partial charge in [0, 0.05) is 43.1 Å². The van der Waals surface area contributed by atoms with Crippen molar-refractivity contribution in [3.05, 3.63) is 46.7 Å². The first-order valence-corrected chi connectivity index (χ1v) is 6.13. The topological polar surface area (TPSA) is 64.2 Å². The van der Waals surface area contributed by atoms with Gasteiger partial charge in [-0.3, -0.25) is 9.48 Å². The first kappa shape index (κ1) is 13.4. The molecule has 0 aliphatic rings.